The largest absolute Gasteiger partial charge is 0.373 e. The minimum absolute atomic E-state index is 0.0359. The van der Waals surface area contributed by atoms with E-state index in [1.54, 1.807) is 42.5 Å². The van der Waals surface area contributed by atoms with E-state index in [4.69, 9.17) is 34.8 Å². The Morgan fingerprint density at radius 2 is 1.78 bits per heavy atom. The number of nitrogens with zero attached hydrogens (tertiary/aromatic N) is 1. The standard InChI is InChI=1S/C16H11Cl3N2O2/c17-9-3-1-4-10(7-9)20-12-8-14(22)21(16(12)23)13-6-2-5-11(18)15(13)19/h1-7,12,20H,8H2. The molecule has 118 valence electrons. The molecule has 1 fully saturated rings. The van der Waals surface area contributed by atoms with Crippen molar-refractivity contribution < 1.29 is 9.59 Å². The van der Waals surface area contributed by atoms with Crippen molar-refractivity contribution in [3.8, 4) is 0 Å². The normalized spacial score (nSPS) is 17.7. The predicted octanol–water partition coefficient (Wildman–Crippen LogP) is 4.39. The van der Waals surface area contributed by atoms with Gasteiger partial charge in [0.05, 0.1) is 22.2 Å². The number of anilines is 2. The number of imide groups is 1. The van der Waals surface area contributed by atoms with Crippen LogP contribution < -0.4 is 10.2 Å². The lowest BCUT2D eigenvalue weighted by Gasteiger charge is -2.17. The molecule has 1 atom stereocenters. The molecular formula is C16H11Cl3N2O2. The number of nitrogens with one attached hydrogen (secondary N) is 1. The van der Waals surface area contributed by atoms with Crippen LogP contribution in [0.4, 0.5) is 11.4 Å². The van der Waals surface area contributed by atoms with Crippen molar-refractivity contribution in [1.29, 1.82) is 0 Å². The zero-order valence-corrected chi connectivity index (χ0v) is 14.0. The summed E-state index contributed by atoms with van der Waals surface area (Å²) < 4.78 is 0. The molecule has 1 aliphatic rings. The van der Waals surface area contributed by atoms with Gasteiger partial charge in [0.1, 0.15) is 6.04 Å². The van der Waals surface area contributed by atoms with Gasteiger partial charge >= 0.3 is 0 Å². The summed E-state index contributed by atoms with van der Waals surface area (Å²) in [5.74, 6) is -0.710. The van der Waals surface area contributed by atoms with E-state index in [1.165, 1.54) is 0 Å². The summed E-state index contributed by atoms with van der Waals surface area (Å²) in [6.07, 6.45) is 0.0359. The quantitative estimate of drug-likeness (QED) is 0.816. The number of rotatable bonds is 3. The van der Waals surface area contributed by atoms with Gasteiger partial charge in [-0.05, 0) is 30.3 Å². The fourth-order valence-corrected chi connectivity index (χ4v) is 3.01. The molecule has 0 radical (unpaired) electrons. The Labute approximate surface area is 147 Å². The molecule has 0 aliphatic carbocycles. The summed E-state index contributed by atoms with van der Waals surface area (Å²) >= 11 is 18.0. The van der Waals surface area contributed by atoms with Crippen LogP contribution in [-0.4, -0.2) is 17.9 Å². The molecule has 1 saturated heterocycles. The highest BCUT2D eigenvalue weighted by atomic mass is 35.5. The highest BCUT2D eigenvalue weighted by Gasteiger charge is 2.40. The van der Waals surface area contributed by atoms with Gasteiger partial charge in [0.2, 0.25) is 5.91 Å². The number of hydrogen-bond donors (Lipinski definition) is 1. The van der Waals surface area contributed by atoms with Crippen LogP contribution in [0.2, 0.25) is 15.1 Å². The molecule has 0 saturated carbocycles. The van der Waals surface area contributed by atoms with Crippen LogP contribution in [0, 0.1) is 0 Å². The third-order valence-corrected chi connectivity index (χ3v) is 4.53. The fraction of sp³-hybridized carbons (Fsp3) is 0.125. The third-order valence-electron chi connectivity index (χ3n) is 3.48. The SMILES string of the molecule is O=C1CC(Nc2cccc(Cl)c2)C(=O)N1c1cccc(Cl)c1Cl. The first-order valence-corrected chi connectivity index (χ1v) is 7.93. The highest BCUT2D eigenvalue weighted by molar-refractivity contribution is 6.45. The summed E-state index contributed by atoms with van der Waals surface area (Å²) in [5, 5.41) is 4.03. The van der Waals surface area contributed by atoms with E-state index in [0.717, 1.165) is 4.90 Å². The van der Waals surface area contributed by atoms with Gasteiger partial charge in [-0.25, -0.2) is 4.90 Å². The summed E-state index contributed by atoms with van der Waals surface area (Å²) in [6, 6.07) is 11.1. The minimum Gasteiger partial charge on any atom is -0.373 e. The molecule has 2 aromatic rings. The van der Waals surface area contributed by atoms with Gasteiger partial charge in [0, 0.05) is 10.7 Å². The van der Waals surface area contributed by atoms with Crippen LogP contribution >= 0.6 is 34.8 Å². The Bertz CT molecular complexity index is 795. The molecule has 0 spiro atoms. The number of carbonyl (C=O) groups excluding carboxylic acids is 2. The van der Waals surface area contributed by atoms with Crippen molar-refractivity contribution in [2.45, 2.75) is 12.5 Å². The first-order chi connectivity index (χ1) is 11.0. The lowest BCUT2D eigenvalue weighted by molar-refractivity contribution is -0.121. The van der Waals surface area contributed by atoms with Crippen LogP contribution in [0.5, 0.6) is 0 Å². The zero-order chi connectivity index (χ0) is 16.6. The summed E-state index contributed by atoms with van der Waals surface area (Å²) in [7, 11) is 0. The monoisotopic (exact) mass is 368 g/mol. The van der Waals surface area contributed by atoms with Crippen LogP contribution in [0.3, 0.4) is 0 Å². The van der Waals surface area contributed by atoms with E-state index in [2.05, 4.69) is 5.32 Å². The molecule has 2 aromatic carbocycles. The van der Waals surface area contributed by atoms with Gasteiger partial charge in [-0.15, -0.1) is 0 Å². The molecule has 7 heteroatoms. The van der Waals surface area contributed by atoms with Gasteiger partial charge in [-0.1, -0.05) is 46.9 Å². The van der Waals surface area contributed by atoms with Gasteiger partial charge in [-0.3, -0.25) is 9.59 Å². The van der Waals surface area contributed by atoms with E-state index in [1.807, 2.05) is 0 Å². The van der Waals surface area contributed by atoms with Crippen LogP contribution in [0.15, 0.2) is 42.5 Å². The smallest absolute Gasteiger partial charge is 0.256 e. The van der Waals surface area contributed by atoms with Crippen LogP contribution in [0.1, 0.15) is 6.42 Å². The average molecular weight is 370 g/mol. The zero-order valence-electron chi connectivity index (χ0n) is 11.7. The van der Waals surface area contributed by atoms with E-state index in [0.29, 0.717) is 16.4 Å². The van der Waals surface area contributed by atoms with E-state index >= 15 is 0 Å². The van der Waals surface area contributed by atoms with Crippen molar-refractivity contribution in [1.82, 2.24) is 0 Å². The average Bonchev–Trinajstić information content (AvgIpc) is 2.77. The number of hydrogen-bond acceptors (Lipinski definition) is 3. The Hall–Kier alpha value is -1.75. The molecule has 3 rings (SSSR count). The predicted molar refractivity (Wildman–Crippen MR) is 92.4 cm³/mol. The van der Waals surface area contributed by atoms with E-state index in [9.17, 15) is 9.59 Å². The van der Waals surface area contributed by atoms with Crippen molar-refractivity contribution in [3.63, 3.8) is 0 Å². The Kier molecular flexibility index (Phi) is 4.48. The molecule has 1 N–H and O–H groups in total. The molecule has 1 heterocycles. The maximum Gasteiger partial charge on any atom is 0.256 e. The molecular weight excluding hydrogens is 359 g/mol. The molecule has 23 heavy (non-hydrogen) atoms. The van der Waals surface area contributed by atoms with Gasteiger partial charge in [0.25, 0.3) is 5.91 Å². The Morgan fingerprint density at radius 1 is 1.04 bits per heavy atom. The van der Waals surface area contributed by atoms with Crippen molar-refractivity contribution in [2.24, 2.45) is 0 Å². The summed E-state index contributed by atoms with van der Waals surface area (Å²) in [4.78, 5) is 25.9. The fourth-order valence-electron chi connectivity index (χ4n) is 2.44. The lowest BCUT2D eigenvalue weighted by atomic mass is 10.2. The maximum atomic E-state index is 12.6. The van der Waals surface area contributed by atoms with Crippen molar-refractivity contribution in [2.75, 3.05) is 10.2 Å². The minimum atomic E-state index is -0.670. The molecule has 0 aromatic heterocycles. The number of halogens is 3. The van der Waals surface area contributed by atoms with E-state index < -0.39 is 6.04 Å². The van der Waals surface area contributed by atoms with Crippen LogP contribution in [0.25, 0.3) is 0 Å². The summed E-state index contributed by atoms with van der Waals surface area (Å²) in [5.41, 5.74) is 0.965. The first-order valence-electron chi connectivity index (χ1n) is 6.80. The number of benzene rings is 2. The number of carbonyl (C=O) groups is 2. The van der Waals surface area contributed by atoms with Crippen LogP contribution in [-0.2, 0) is 9.59 Å². The molecule has 4 nitrogen and oxygen atoms in total. The molecule has 0 bridgehead atoms. The molecule has 1 unspecified atom stereocenters. The lowest BCUT2D eigenvalue weighted by Crippen LogP contribution is -2.35. The first kappa shape index (κ1) is 16.1. The summed E-state index contributed by atoms with van der Waals surface area (Å²) in [6.45, 7) is 0. The van der Waals surface area contributed by atoms with Crippen molar-refractivity contribution >= 4 is 58.0 Å². The Balaban J connectivity index is 1.87. The number of amides is 2. The van der Waals surface area contributed by atoms with Gasteiger partial charge in [-0.2, -0.15) is 0 Å². The second-order valence-electron chi connectivity index (χ2n) is 5.05. The second kappa shape index (κ2) is 6.40. The van der Waals surface area contributed by atoms with Crippen molar-refractivity contribution in [3.05, 3.63) is 57.5 Å². The molecule has 2 amide bonds. The third kappa shape index (κ3) is 3.15. The van der Waals surface area contributed by atoms with Gasteiger partial charge in [0.15, 0.2) is 0 Å². The highest BCUT2D eigenvalue weighted by Crippen LogP contribution is 2.35. The molecule has 1 aliphatic heterocycles. The van der Waals surface area contributed by atoms with Gasteiger partial charge < -0.3 is 5.32 Å². The van der Waals surface area contributed by atoms with E-state index in [-0.39, 0.29) is 28.3 Å². The topological polar surface area (TPSA) is 49.4 Å². The second-order valence-corrected chi connectivity index (χ2v) is 6.27. The Morgan fingerprint density at radius 3 is 2.52 bits per heavy atom. The maximum absolute atomic E-state index is 12.6.